The maximum Gasteiger partial charge on any atom is 0.246 e. The van der Waals surface area contributed by atoms with E-state index in [1.807, 2.05) is 20.8 Å². The number of carbonyl (C=O) groups excluding carboxylic acids is 1. The van der Waals surface area contributed by atoms with Crippen LogP contribution < -0.4 is 5.32 Å². The maximum atomic E-state index is 13.3. The summed E-state index contributed by atoms with van der Waals surface area (Å²) in [4.78, 5) is 11.4. The van der Waals surface area contributed by atoms with E-state index in [9.17, 15) is 13.6 Å². The Morgan fingerprint density at radius 3 is 2.56 bits per heavy atom. The van der Waals surface area contributed by atoms with Crippen molar-refractivity contribution in [1.82, 2.24) is 5.32 Å². The van der Waals surface area contributed by atoms with E-state index in [-0.39, 0.29) is 24.6 Å². The smallest absolute Gasteiger partial charge is 0.246 e. The molecule has 100 valence electrons. The molecule has 1 aromatic carbocycles. The monoisotopic (exact) mass is 257 g/mol. The number of amides is 1. The van der Waals surface area contributed by atoms with Crippen LogP contribution >= 0.6 is 0 Å². The van der Waals surface area contributed by atoms with Crippen molar-refractivity contribution < 1.29 is 18.3 Å². The van der Waals surface area contributed by atoms with Gasteiger partial charge in [0.05, 0.1) is 5.60 Å². The second-order valence-electron chi connectivity index (χ2n) is 4.91. The third-order valence-electron chi connectivity index (χ3n) is 2.13. The van der Waals surface area contributed by atoms with Gasteiger partial charge >= 0.3 is 0 Å². The topological polar surface area (TPSA) is 38.3 Å². The summed E-state index contributed by atoms with van der Waals surface area (Å²) in [6.07, 6.45) is 0. The van der Waals surface area contributed by atoms with Gasteiger partial charge in [-0.3, -0.25) is 4.79 Å². The Morgan fingerprint density at radius 2 is 2.00 bits per heavy atom. The molecule has 0 bridgehead atoms. The van der Waals surface area contributed by atoms with E-state index < -0.39 is 17.2 Å². The molecule has 18 heavy (non-hydrogen) atoms. The summed E-state index contributed by atoms with van der Waals surface area (Å²) in [6.45, 7) is 5.42. The van der Waals surface area contributed by atoms with Crippen LogP contribution in [-0.2, 0) is 16.1 Å². The van der Waals surface area contributed by atoms with E-state index in [4.69, 9.17) is 4.74 Å². The van der Waals surface area contributed by atoms with Crippen LogP contribution in [0.2, 0.25) is 0 Å². The lowest BCUT2D eigenvalue weighted by molar-refractivity contribution is -0.130. The number of benzene rings is 1. The normalized spacial score (nSPS) is 11.4. The van der Waals surface area contributed by atoms with Crippen molar-refractivity contribution in [2.75, 3.05) is 6.61 Å². The Morgan fingerprint density at radius 1 is 1.33 bits per heavy atom. The van der Waals surface area contributed by atoms with Gasteiger partial charge in [0, 0.05) is 18.2 Å². The minimum absolute atomic E-state index is 0.0124. The standard InChI is InChI=1S/C13H17F2NO2/c1-13(2,3)18-8-12(17)16-7-9-4-5-10(14)6-11(9)15/h4-6H,7-8H2,1-3H3,(H,16,17). The minimum atomic E-state index is -0.674. The van der Waals surface area contributed by atoms with Gasteiger partial charge in [-0.05, 0) is 26.8 Å². The van der Waals surface area contributed by atoms with Gasteiger partial charge in [0.15, 0.2) is 0 Å². The van der Waals surface area contributed by atoms with Gasteiger partial charge in [-0.25, -0.2) is 8.78 Å². The molecule has 0 aliphatic rings. The zero-order valence-electron chi connectivity index (χ0n) is 10.7. The fourth-order valence-electron chi connectivity index (χ4n) is 1.19. The predicted octanol–water partition coefficient (Wildman–Crippen LogP) is 2.40. The fraction of sp³-hybridized carbons (Fsp3) is 0.462. The number of halogens is 2. The summed E-state index contributed by atoms with van der Waals surface area (Å²) >= 11 is 0. The summed E-state index contributed by atoms with van der Waals surface area (Å²) in [5.74, 6) is -1.65. The van der Waals surface area contributed by atoms with Crippen molar-refractivity contribution in [3.8, 4) is 0 Å². The van der Waals surface area contributed by atoms with E-state index in [0.717, 1.165) is 12.1 Å². The SMILES string of the molecule is CC(C)(C)OCC(=O)NCc1ccc(F)cc1F. The van der Waals surface area contributed by atoms with Gasteiger partial charge in [-0.2, -0.15) is 0 Å². The summed E-state index contributed by atoms with van der Waals surface area (Å²) in [6, 6.07) is 3.24. The molecule has 0 aliphatic carbocycles. The van der Waals surface area contributed by atoms with Gasteiger partial charge in [0.25, 0.3) is 0 Å². The predicted molar refractivity (Wildman–Crippen MR) is 63.9 cm³/mol. The lowest BCUT2D eigenvalue weighted by atomic mass is 10.2. The van der Waals surface area contributed by atoms with E-state index in [2.05, 4.69) is 5.32 Å². The van der Waals surface area contributed by atoms with Crippen LogP contribution in [0, 0.1) is 11.6 Å². The van der Waals surface area contributed by atoms with Crippen molar-refractivity contribution >= 4 is 5.91 Å². The number of carbonyl (C=O) groups is 1. The molecule has 1 aromatic rings. The van der Waals surface area contributed by atoms with Crippen LogP contribution in [0.25, 0.3) is 0 Å². The number of hydrogen-bond acceptors (Lipinski definition) is 2. The number of ether oxygens (including phenoxy) is 1. The molecule has 1 rings (SSSR count). The molecular formula is C13H17F2NO2. The summed E-state index contributed by atoms with van der Waals surface area (Å²) < 4.78 is 31.2. The third kappa shape index (κ3) is 5.23. The number of nitrogens with one attached hydrogen (secondary N) is 1. The molecule has 0 aliphatic heterocycles. The van der Waals surface area contributed by atoms with E-state index in [1.54, 1.807) is 0 Å². The Hall–Kier alpha value is -1.49. The zero-order valence-corrected chi connectivity index (χ0v) is 10.7. The van der Waals surface area contributed by atoms with Crippen molar-refractivity contribution in [1.29, 1.82) is 0 Å². The number of rotatable bonds is 4. The largest absolute Gasteiger partial charge is 0.366 e. The molecule has 0 aromatic heterocycles. The van der Waals surface area contributed by atoms with Gasteiger partial charge in [-0.15, -0.1) is 0 Å². The van der Waals surface area contributed by atoms with Crippen LogP contribution in [0.5, 0.6) is 0 Å². The van der Waals surface area contributed by atoms with E-state index in [1.165, 1.54) is 6.07 Å². The van der Waals surface area contributed by atoms with Crippen LogP contribution in [0.1, 0.15) is 26.3 Å². The van der Waals surface area contributed by atoms with Crippen LogP contribution in [0.3, 0.4) is 0 Å². The Labute approximate surface area is 105 Å². The van der Waals surface area contributed by atoms with Gasteiger partial charge < -0.3 is 10.1 Å². The first kappa shape index (κ1) is 14.6. The Balaban J connectivity index is 2.43. The molecule has 0 heterocycles. The maximum absolute atomic E-state index is 13.3. The minimum Gasteiger partial charge on any atom is -0.366 e. The molecule has 0 saturated heterocycles. The average molecular weight is 257 g/mol. The molecule has 0 radical (unpaired) electrons. The van der Waals surface area contributed by atoms with Crippen molar-refractivity contribution in [3.63, 3.8) is 0 Å². The molecule has 0 atom stereocenters. The summed E-state index contributed by atoms with van der Waals surface area (Å²) in [5, 5.41) is 2.51. The molecule has 0 spiro atoms. The van der Waals surface area contributed by atoms with E-state index >= 15 is 0 Å². The molecule has 1 N–H and O–H groups in total. The highest BCUT2D eigenvalue weighted by molar-refractivity contribution is 5.77. The second kappa shape index (κ2) is 5.91. The third-order valence-corrected chi connectivity index (χ3v) is 2.13. The van der Waals surface area contributed by atoms with Crippen molar-refractivity contribution in [2.24, 2.45) is 0 Å². The highest BCUT2D eigenvalue weighted by Crippen LogP contribution is 2.09. The fourth-order valence-corrected chi connectivity index (χ4v) is 1.19. The molecule has 3 nitrogen and oxygen atoms in total. The number of hydrogen-bond donors (Lipinski definition) is 1. The molecule has 1 amide bonds. The molecule has 5 heteroatoms. The second-order valence-corrected chi connectivity index (χ2v) is 4.91. The first-order chi connectivity index (χ1) is 8.28. The molecule has 0 unspecified atom stereocenters. The van der Waals surface area contributed by atoms with Gasteiger partial charge in [0.1, 0.15) is 18.2 Å². The summed E-state index contributed by atoms with van der Waals surface area (Å²) in [5.41, 5.74) is -0.168. The van der Waals surface area contributed by atoms with Crippen LogP contribution in [0.15, 0.2) is 18.2 Å². The highest BCUT2D eigenvalue weighted by Gasteiger charge is 2.13. The van der Waals surface area contributed by atoms with Crippen LogP contribution in [-0.4, -0.2) is 18.1 Å². The van der Waals surface area contributed by atoms with Gasteiger partial charge in [0.2, 0.25) is 5.91 Å². The van der Waals surface area contributed by atoms with E-state index in [0.29, 0.717) is 0 Å². The Kier molecular flexibility index (Phi) is 4.78. The quantitative estimate of drug-likeness (QED) is 0.899. The van der Waals surface area contributed by atoms with Crippen molar-refractivity contribution in [3.05, 3.63) is 35.4 Å². The summed E-state index contributed by atoms with van der Waals surface area (Å²) in [7, 11) is 0. The lowest BCUT2D eigenvalue weighted by Gasteiger charge is -2.19. The molecule has 0 fully saturated rings. The Bertz CT molecular complexity index is 427. The highest BCUT2D eigenvalue weighted by atomic mass is 19.1. The van der Waals surface area contributed by atoms with Crippen LogP contribution in [0.4, 0.5) is 8.78 Å². The lowest BCUT2D eigenvalue weighted by Crippen LogP contribution is -2.31. The van der Waals surface area contributed by atoms with Gasteiger partial charge in [-0.1, -0.05) is 6.07 Å². The molecular weight excluding hydrogens is 240 g/mol. The first-order valence-corrected chi connectivity index (χ1v) is 5.62. The molecule has 0 saturated carbocycles. The van der Waals surface area contributed by atoms with Crippen molar-refractivity contribution in [2.45, 2.75) is 32.9 Å². The zero-order chi connectivity index (χ0) is 13.8. The first-order valence-electron chi connectivity index (χ1n) is 5.62. The average Bonchev–Trinajstić information content (AvgIpc) is 2.24.